The molecule has 1 aromatic heterocycles. The Morgan fingerprint density at radius 1 is 1.06 bits per heavy atom. The highest BCUT2D eigenvalue weighted by atomic mass is 35.5. The molecule has 13 heteroatoms. The first kappa shape index (κ1) is 33.4. The van der Waals surface area contributed by atoms with Crippen molar-refractivity contribution in [2.24, 2.45) is 5.92 Å². The van der Waals surface area contributed by atoms with Gasteiger partial charge in [0.25, 0.3) is 5.56 Å². The van der Waals surface area contributed by atoms with Crippen molar-refractivity contribution in [1.29, 1.82) is 5.26 Å². The van der Waals surface area contributed by atoms with Crippen LogP contribution in [0, 0.1) is 17.2 Å². The number of carbonyl (C=O) groups is 2. The summed E-state index contributed by atoms with van der Waals surface area (Å²) in [6, 6.07) is 20.2. The Morgan fingerprint density at radius 3 is 2.54 bits per heavy atom. The number of fused-ring (bicyclic) bond motifs is 2. The van der Waals surface area contributed by atoms with Crippen LogP contribution in [0.4, 0.5) is 16.2 Å². The summed E-state index contributed by atoms with van der Waals surface area (Å²) in [4.78, 5) is 58.1. The summed E-state index contributed by atoms with van der Waals surface area (Å²) in [7, 11) is 0. The smallest absolute Gasteiger partial charge is 0.348 e. The van der Waals surface area contributed by atoms with Crippen molar-refractivity contribution in [1.82, 2.24) is 18.9 Å². The van der Waals surface area contributed by atoms with Crippen LogP contribution >= 0.6 is 11.6 Å². The van der Waals surface area contributed by atoms with Crippen LogP contribution in [-0.2, 0) is 22.7 Å². The predicted molar refractivity (Wildman–Crippen MR) is 189 cm³/mol. The average Bonchev–Trinajstić information content (AvgIpc) is 3.94. The number of benzene rings is 3. The van der Waals surface area contributed by atoms with Crippen LogP contribution in [0.5, 0.6) is 0 Å². The number of nitrogens with zero attached hydrogens (tertiary/aromatic N) is 6. The second-order valence-electron chi connectivity index (χ2n) is 13.3. The first-order chi connectivity index (χ1) is 24.1. The quantitative estimate of drug-likeness (QED) is 0.265. The Labute approximate surface area is 293 Å². The summed E-state index contributed by atoms with van der Waals surface area (Å²) in [5.41, 5.74) is 1.99. The third-order valence-electron chi connectivity index (χ3n) is 9.52. The molecule has 7 rings (SSSR count). The number of rotatable bonds is 8. The lowest BCUT2D eigenvalue weighted by atomic mass is 10.1. The van der Waals surface area contributed by atoms with Gasteiger partial charge in [0, 0.05) is 43.5 Å². The van der Waals surface area contributed by atoms with Crippen molar-refractivity contribution in [2.75, 3.05) is 25.0 Å². The fraction of sp³-hybridized carbons (Fsp3) is 0.351. The maximum Gasteiger partial charge on any atom is 0.411 e. The van der Waals surface area contributed by atoms with E-state index in [9.17, 15) is 24.4 Å². The van der Waals surface area contributed by atoms with Crippen molar-refractivity contribution < 1.29 is 18.9 Å². The van der Waals surface area contributed by atoms with E-state index in [0.717, 1.165) is 18.4 Å². The number of nitrogens with one attached hydrogen (secondary N) is 1. The number of hydrogen-bond donors (Lipinski definition) is 1. The molecule has 3 aliphatic rings. The zero-order valence-corrected chi connectivity index (χ0v) is 28.5. The summed E-state index contributed by atoms with van der Waals surface area (Å²) in [6.45, 7) is 5.27. The highest BCUT2D eigenvalue weighted by Crippen LogP contribution is 2.30. The molecule has 1 saturated heterocycles. The van der Waals surface area contributed by atoms with E-state index in [1.54, 1.807) is 52.1 Å². The van der Waals surface area contributed by atoms with E-state index < -0.39 is 18.3 Å². The fourth-order valence-electron chi connectivity index (χ4n) is 6.69. The molecule has 1 saturated carbocycles. The number of hydrogen-bond acceptors (Lipinski definition) is 7. The van der Waals surface area contributed by atoms with Gasteiger partial charge in [-0.05, 0) is 62.4 Å². The van der Waals surface area contributed by atoms with Gasteiger partial charge in [0.1, 0.15) is 6.07 Å². The number of aromatic nitrogens is 2. The number of nitriles is 1. The van der Waals surface area contributed by atoms with Gasteiger partial charge < -0.3 is 15.0 Å². The lowest BCUT2D eigenvalue weighted by molar-refractivity contribution is -0.384. The summed E-state index contributed by atoms with van der Waals surface area (Å²) < 4.78 is 10.8. The van der Waals surface area contributed by atoms with Gasteiger partial charge in [-0.15, -0.1) is 4.58 Å². The Balaban J connectivity index is 1.15. The second-order valence-corrected chi connectivity index (χ2v) is 13.7. The van der Waals surface area contributed by atoms with Gasteiger partial charge in [-0.25, -0.2) is 14.4 Å². The molecule has 256 valence electrons. The first-order valence-electron chi connectivity index (χ1n) is 16.8. The number of halogens is 1. The third-order valence-corrected chi connectivity index (χ3v) is 9.84. The van der Waals surface area contributed by atoms with Crippen molar-refractivity contribution in [3.05, 3.63) is 104 Å². The van der Waals surface area contributed by atoms with E-state index in [2.05, 4.69) is 5.32 Å². The normalized spacial score (nSPS) is 19.3. The van der Waals surface area contributed by atoms with Crippen LogP contribution < -0.4 is 16.6 Å². The Morgan fingerprint density at radius 2 is 1.84 bits per heavy atom. The topological polar surface area (TPSA) is 133 Å². The van der Waals surface area contributed by atoms with E-state index in [-0.39, 0.29) is 34.8 Å². The van der Waals surface area contributed by atoms with Gasteiger partial charge in [-0.2, -0.15) is 5.26 Å². The number of carbonyl (C=O) groups excluding carboxylic acids is 2. The van der Waals surface area contributed by atoms with E-state index >= 15 is 0 Å². The summed E-state index contributed by atoms with van der Waals surface area (Å²) in [5, 5.41) is 12.9. The number of amides is 3. The third kappa shape index (κ3) is 6.47. The molecule has 3 heterocycles. The highest BCUT2D eigenvalue weighted by molar-refractivity contribution is 6.32. The average molecular weight is 695 g/mol. The molecule has 3 aromatic carbocycles. The maximum absolute atomic E-state index is 14.0. The van der Waals surface area contributed by atoms with E-state index in [1.807, 2.05) is 55.1 Å². The minimum atomic E-state index is -0.735. The zero-order valence-electron chi connectivity index (χ0n) is 27.8. The number of ether oxygens (including phenoxy) is 1. The minimum absolute atomic E-state index is 0.0822. The molecule has 2 atom stereocenters. The maximum atomic E-state index is 14.0. The summed E-state index contributed by atoms with van der Waals surface area (Å²) in [6.07, 6.45) is 3.11. The van der Waals surface area contributed by atoms with Gasteiger partial charge in [-0.3, -0.25) is 18.8 Å². The van der Waals surface area contributed by atoms with Crippen LogP contribution in [0.3, 0.4) is 0 Å². The number of anilines is 1. The summed E-state index contributed by atoms with van der Waals surface area (Å²) in [5.74, 6) is 0.0599. The van der Waals surface area contributed by atoms with Crippen LogP contribution in [-0.4, -0.2) is 73.6 Å². The first-order valence-corrected chi connectivity index (χ1v) is 17.1. The molecule has 2 aliphatic heterocycles. The van der Waals surface area contributed by atoms with E-state index in [1.165, 1.54) is 9.14 Å². The molecule has 4 aromatic rings. The van der Waals surface area contributed by atoms with Gasteiger partial charge in [0.05, 0.1) is 34.6 Å². The molecular weight excluding hydrogens is 658 g/mol. The fourth-order valence-corrected chi connectivity index (χ4v) is 6.90. The predicted octanol–water partition coefficient (Wildman–Crippen LogP) is 4.70. The van der Waals surface area contributed by atoms with Gasteiger partial charge >= 0.3 is 17.6 Å². The molecule has 2 fully saturated rings. The van der Waals surface area contributed by atoms with E-state index in [4.69, 9.17) is 16.3 Å². The minimum Gasteiger partial charge on any atom is -0.348 e. The molecule has 3 amide bonds. The zero-order chi connectivity index (χ0) is 35.1. The van der Waals surface area contributed by atoms with Gasteiger partial charge in [-0.1, -0.05) is 41.9 Å². The Kier molecular flexibility index (Phi) is 9.13. The number of urea groups is 1. The van der Waals surface area contributed by atoms with Crippen molar-refractivity contribution >= 4 is 52.0 Å². The van der Waals surface area contributed by atoms with Crippen molar-refractivity contribution in [3.63, 3.8) is 0 Å². The van der Waals surface area contributed by atoms with Crippen molar-refractivity contribution in [2.45, 2.75) is 58.2 Å². The number of piperazine rings is 1. The Bertz CT molecular complexity index is 2180. The lowest BCUT2D eigenvalue weighted by Crippen LogP contribution is -2.66. The molecule has 50 heavy (non-hydrogen) atoms. The molecule has 1 N–H and O–H groups in total. The SMILES string of the molecule is CC(C)n1c(=O)n(CC2CC2)c(=O)c2cc(NC(=O)N3CCN4C(OCc5ccccc5)C=[N+](c5ccc(C#N)c(Cl)c5)C(=O)C4C3)ccc21. The van der Waals surface area contributed by atoms with Gasteiger partial charge in [0.15, 0.2) is 18.5 Å². The lowest BCUT2D eigenvalue weighted by Gasteiger charge is -2.42. The van der Waals surface area contributed by atoms with E-state index in [0.29, 0.717) is 60.0 Å². The molecule has 12 nitrogen and oxygen atoms in total. The second kappa shape index (κ2) is 13.7. The van der Waals surface area contributed by atoms with Crippen LogP contribution in [0.25, 0.3) is 10.9 Å². The molecule has 0 bridgehead atoms. The molecule has 0 radical (unpaired) electrons. The monoisotopic (exact) mass is 694 g/mol. The standard InChI is InChI=1S/C37H36ClN7O5/c1-23(2)45-31-13-11-27(16-29(31)34(46)44(37(45)49)19-24-8-9-24)40-36(48)41-14-15-42-32(20-41)35(47)43(28-12-10-26(18-39)30(38)17-28)21-33(42)50-22-25-6-4-3-5-7-25/h3-7,10-13,16-17,21,23-24,32-33H,8-9,14-15,19-20,22H2,1-2H3/p+1. The van der Waals surface area contributed by atoms with Crippen LogP contribution in [0.2, 0.25) is 5.02 Å². The highest BCUT2D eigenvalue weighted by Gasteiger charge is 2.48. The van der Waals surface area contributed by atoms with Crippen LogP contribution in [0.15, 0.2) is 76.3 Å². The molecule has 0 spiro atoms. The van der Waals surface area contributed by atoms with Crippen LogP contribution in [0.1, 0.15) is 43.9 Å². The molecular formula is C37H37ClN7O5+. The Hall–Kier alpha value is -5.09. The molecule has 1 aliphatic carbocycles. The largest absolute Gasteiger partial charge is 0.411 e. The van der Waals surface area contributed by atoms with Gasteiger partial charge in [0.2, 0.25) is 5.69 Å². The van der Waals surface area contributed by atoms with Crippen molar-refractivity contribution in [3.8, 4) is 6.07 Å². The molecule has 2 unspecified atom stereocenters. The summed E-state index contributed by atoms with van der Waals surface area (Å²) >= 11 is 6.35.